The van der Waals surface area contributed by atoms with Gasteiger partial charge in [0.2, 0.25) is 0 Å². The Hall–Kier alpha value is -2.92. The second kappa shape index (κ2) is 8.84. The number of halogens is 3. The number of benzene rings is 2. The van der Waals surface area contributed by atoms with E-state index >= 15 is 0 Å². The quantitative estimate of drug-likeness (QED) is 0.507. The first-order valence-electron chi connectivity index (χ1n) is 10.1. The van der Waals surface area contributed by atoms with Gasteiger partial charge in [0, 0.05) is 32.0 Å². The lowest BCUT2D eigenvalue weighted by atomic mass is 9.98. The van der Waals surface area contributed by atoms with Crippen LogP contribution in [0.5, 0.6) is 0 Å². The molecule has 0 amide bonds. The van der Waals surface area contributed by atoms with Gasteiger partial charge in [-0.05, 0) is 64.9 Å². The van der Waals surface area contributed by atoms with Crippen LogP contribution in [0, 0.1) is 0 Å². The fourth-order valence-corrected chi connectivity index (χ4v) is 3.75. The van der Waals surface area contributed by atoms with Crippen LogP contribution in [0.4, 0.5) is 13.2 Å². The number of pyridine rings is 1. The molecular weight excluding hydrogens is 385 g/mol. The highest BCUT2D eigenvalue weighted by atomic mass is 19.4. The number of rotatable bonds is 5. The molecule has 2 heterocycles. The molecule has 4 rings (SSSR count). The normalized spacial score (nSPS) is 15.1. The van der Waals surface area contributed by atoms with Gasteiger partial charge >= 0.3 is 6.18 Å². The standard InChI is InChI=1S/C25H23F3N2/c26-25(27,28)24-7-5-21(6-8-24)23-12-17-30(18-13-23)16-11-19-1-3-20(4-2-19)22-9-14-29-15-10-22/h1-10,12,14-15H,11,13,16-18H2. The van der Waals surface area contributed by atoms with Crippen molar-refractivity contribution in [2.24, 2.45) is 0 Å². The minimum atomic E-state index is -4.28. The van der Waals surface area contributed by atoms with Crippen LogP contribution in [0.2, 0.25) is 0 Å². The lowest BCUT2D eigenvalue weighted by Crippen LogP contribution is -2.30. The summed E-state index contributed by atoms with van der Waals surface area (Å²) in [6.45, 7) is 2.71. The smallest absolute Gasteiger partial charge is 0.299 e. The molecule has 154 valence electrons. The van der Waals surface area contributed by atoms with E-state index < -0.39 is 11.7 Å². The summed E-state index contributed by atoms with van der Waals surface area (Å²) in [5, 5.41) is 0. The van der Waals surface area contributed by atoms with Crippen LogP contribution in [0.15, 0.2) is 79.1 Å². The van der Waals surface area contributed by atoms with Crippen molar-refractivity contribution in [3.05, 3.63) is 95.8 Å². The number of alkyl halides is 3. The van der Waals surface area contributed by atoms with Gasteiger partial charge in [-0.1, -0.05) is 42.5 Å². The molecule has 0 fully saturated rings. The summed E-state index contributed by atoms with van der Waals surface area (Å²) in [5.74, 6) is 0. The molecule has 2 nitrogen and oxygen atoms in total. The third kappa shape index (κ3) is 4.97. The van der Waals surface area contributed by atoms with Crippen molar-refractivity contribution in [2.45, 2.75) is 19.0 Å². The first-order valence-corrected chi connectivity index (χ1v) is 10.1. The Kier molecular flexibility index (Phi) is 6.00. The number of aromatic nitrogens is 1. The van der Waals surface area contributed by atoms with Crippen molar-refractivity contribution in [2.75, 3.05) is 19.6 Å². The van der Waals surface area contributed by atoms with E-state index in [1.54, 1.807) is 24.5 Å². The van der Waals surface area contributed by atoms with Crippen LogP contribution < -0.4 is 0 Å². The summed E-state index contributed by atoms with van der Waals surface area (Å²) in [7, 11) is 0. The van der Waals surface area contributed by atoms with Gasteiger partial charge in [-0.15, -0.1) is 0 Å². The van der Waals surface area contributed by atoms with Gasteiger partial charge in [-0.3, -0.25) is 9.88 Å². The maximum absolute atomic E-state index is 12.7. The molecule has 1 aliphatic rings. The second-order valence-corrected chi connectivity index (χ2v) is 7.54. The van der Waals surface area contributed by atoms with E-state index in [0.29, 0.717) is 0 Å². The highest BCUT2D eigenvalue weighted by Crippen LogP contribution is 2.31. The number of nitrogens with zero attached hydrogens (tertiary/aromatic N) is 2. The van der Waals surface area contributed by atoms with Crippen molar-refractivity contribution in [1.82, 2.24) is 9.88 Å². The Balaban J connectivity index is 1.31. The molecule has 0 saturated heterocycles. The van der Waals surface area contributed by atoms with Crippen molar-refractivity contribution >= 4 is 5.57 Å². The lowest BCUT2D eigenvalue weighted by Gasteiger charge is -2.26. The van der Waals surface area contributed by atoms with Gasteiger partial charge in [0.1, 0.15) is 0 Å². The minimum Gasteiger partial charge on any atom is -0.299 e. The average molecular weight is 408 g/mol. The summed E-state index contributed by atoms with van der Waals surface area (Å²) in [4.78, 5) is 6.43. The van der Waals surface area contributed by atoms with Crippen molar-refractivity contribution in [1.29, 1.82) is 0 Å². The third-order valence-electron chi connectivity index (χ3n) is 5.56. The zero-order chi connectivity index (χ0) is 21.0. The van der Waals surface area contributed by atoms with E-state index in [1.807, 2.05) is 12.1 Å². The topological polar surface area (TPSA) is 16.1 Å². The molecule has 0 unspecified atom stereocenters. The van der Waals surface area contributed by atoms with E-state index in [-0.39, 0.29) is 0 Å². The van der Waals surface area contributed by atoms with Gasteiger partial charge in [0.25, 0.3) is 0 Å². The summed E-state index contributed by atoms with van der Waals surface area (Å²) in [6.07, 6.45) is 3.27. The molecule has 1 aromatic heterocycles. The maximum atomic E-state index is 12.7. The second-order valence-electron chi connectivity index (χ2n) is 7.54. The highest BCUT2D eigenvalue weighted by molar-refractivity contribution is 5.67. The molecule has 0 spiro atoms. The molecule has 0 atom stereocenters. The van der Waals surface area contributed by atoms with Crippen molar-refractivity contribution < 1.29 is 13.2 Å². The van der Waals surface area contributed by atoms with E-state index in [2.05, 4.69) is 40.2 Å². The molecule has 2 aromatic carbocycles. The van der Waals surface area contributed by atoms with E-state index in [1.165, 1.54) is 11.1 Å². The van der Waals surface area contributed by atoms with Gasteiger partial charge in [-0.25, -0.2) is 0 Å². The highest BCUT2D eigenvalue weighted by Gasteiger charge is 2.30. The fraction of sp³-hybridized carbons (Fsp3) is 0.240. The molecule has 3 aromatic rings. The predicted molar refractivity (Wildman–Crippen MR) is 114 cm³/mol. The first-order chi connectivity index (χ1) is 14.5. The van der Waals surface area contributed by atoms with Crippen molar-refractivity contribution in [3.8, 4) is 11.1 Å². The fourth-order valence-electron chi connectivity index (χ4n) is 3.75. The van der Waals surface area contributed by atoms with Crippen LogP contribution >= 0.6 is 0 Å². The predicted octanol–water partition coefficient (Wildman–Crippen LogP) is 6.10. The van der Waals surface area contributed by atoms with Gasteiger partial charge in [-0.2, -0.15) is 13.2 Å². The van der Waals surface area contributed by atoms with Gasteiger partial charge < -0.3 is 0 Å². The zero-order valence-electron chi connectivity index (χ0n) is 16.6. The Morgan fingerprint density at radius 2 is 1.43 bits per heavy atom. The van der Waals surface area contributed by atoms with Gasteiger partial charge in [0.15, 0.2) is 0 Å². The van der Waals surface area contributed by atoms with Crippen LogP contribution in [0.1, 0.15) is 23.1 Å². The Labute approximate surface area is 174 Å². The Morgan fingerprint density at radius 1 is 0.800 bits per heavy atom. The summed E-state index contributed by atoms with van der Waals surface area (Å²) in [6, 6.07) is 18.1. The van der Waals surface area contributed by atoms with Crippen molar-refractivity contribution in [3.63, 3.8) is 0 Å². The zero-order valence-corrected chi connectivity index (χ0v) is 16.6. The minimum absolute atomic E-state index is 0.598. The third-order valence-corrected chi connectivity index (χ3v) is 5.56. The molecule has 0 radical (unpaired) electrons. The van der Waals surface area contributed by atoms with Crippen LogP contribution in [-0.2, 0) is 12.6 Å². The van der Waals surface area contributed by atoms with E-state index in [4.69, 9.17) is 0 Å². The lowest BCUT2D eigenvalue weighted by molar-refractivity contribution is -0.137. The van der Waals surface area contributed by atoms with Crippen LogP contribution in [-0.4, -0.2) is 29.5 Å². The molecule has 1 aliphatic heterocycles. The molecule has 30 heavy (non-hydrogen) atoms. The average Bonchev–Trinajstić information content (AvgIpc) is 2.78. The molecule has 5 heteroatoms. The monoisotopic (exact) mass is 408 g/mol. The Bertz CT molecular complexity index is 991. The summed E-state index contributed by atoms with van der Waals surface area (Å²) >= 11 is 0. The van der Waals surface area contributed by atoms with E-state index in [9.17, 15) is 13.2 Å². The molecule has 0 N–H and O–H groups in total. The summed E-state index contributed by atoms with van der Waals surface area (Å²) in [5.41, 5.74) is 5.05. The first kappa shape index (κ1) is 20.4. The largest absolute Gasteiger partial charge is 0.416 e. The number of hydrogen-bond donors (Lipinski definition) is 0. The van der Waals surface area contributed by atoms with Crippen LogP contribution in [0.3, 0.4) is 0 Å². The number of hydrogen-bond acceptors (Lipinski definition) is 2. The summed E-state index contributed by atoms with van der Waals surface area (Å²) < 4.78 is 38.2. The molecule has 0 aliphatic carbocycles. The van der Waals surface area contributed by atoms with Crippen LogP contribution in [0.25, 0.3) is 16.7 Å². The Morgan fingerprint density at radius 3 is 2.03 bits per heavy atom. The molecule has 0 saturated carbocycles. The van der Waals surface area contributed by atoms with Gasteiger partial charge in [0.05, 0.1) is 5.56 Å². The molecular formula is C25H23F3N2. The SMILES string of the molecule is FC(F)(F)c1ccc(C2=CCN(CCc3ccc(-c4ccncc4)cc3)CC2)cc1. The maximum Gasteiger partial charge on any atom is 0.416 e. The van der Waals surface area contributed by atoms with E-state index in [0.717, 1.165) is 61.3 Å². The molecule has 0 bridgehead atoms.